The summed E-state index contributed by atoms with van der Waals surface area (Å²) in [6.45, 7) is 0.101. The Balaban J connectivity index is 1.42. The summed E-state index contributed by atoms with van der Waals surface area (Å²) in [5, 5.41) is 12.3. The maximum Gasteiger partial charge on any atom is 0.261 e. The number of fused-ring (bicyclic) bond motifs is 2. The Morgan fingerprint density at radius 2 is 1.78 bits per heavy atom. The zero-order valence-corrected chi connectivity index (χ0v) is 12.4. The average molecular weight is 305 g/mol. The SMILES string of the molecule is O=C(Cn1nnc2ccccc21)NN=C1Cc2ccccc2C1. The van der Waals surface area contributed by atoms with Crippen LogP contribution in [0.5, 0.6) is 0 Å². The molecule has 1 N–H and O–H groups in total. The number of nitrogens with one attached hydrogen (secondary N) is 1. The van der Waals surface area contributed by atoms with Gasteiger partial charge in [0, 0.05) is 18.6 Å². The van der Waals surface area contributed by atoms with Crippen LogP contribution in [-0.2, 0) is 24.2 Å². The van der Waals surface area contributed by atoms with Crippen LogP contribution < -0.4 is 5.43 Å². The maximum absolute atomic E-state index is 12.1. The van der Waals surface area contributed by atoms with Crippen molar-refractivity contribution in [1.29, 1.82) is 0 Å². The van der Waals surface area contributed by atoms with Crippen molar-refractivity contribution in [2.24, 2.45) is 5.10 Å². The molecule has 1 aliphatic rings. The molecule has 0 unspecified atom stereocenters. The van der Waals surface area contributed by atoms with Crippen LogP contribution in [0.25, 0.3) is 11.0 Å². The molecule has 1 amide bonds. The van der Waals surface area contributed by atoms with E-state index in [-0.39, 0.29) is 12.5 Å². The van der Waals surface area contributed by atoms with Gasteiger partial charge in [-0.05, 0) is 23.3 Å². The van der Waals surface area contributed by atoms with Crippen LogP contribution in [0.15, 0.2) is 53.6 Å². The second-order valence-electron chi connectivity index (χ2n) is 5.57. The van der Waals surface area contributed by atoms with E-state index in [1.807, 2.05) is 36.4 Å². The van der Waals surface area contributed by atoms with Crippen LogP contribution >= 0.6 is 0 Å². The first kappa shape index (κ1) is 13.6. The first-order valence-corrected chi connectivity index (χ1v) is 7.49. The highest BCUT2D eigenvalue weighted by Crippen LogP contribution is 2.19. The molecule has 1 aromatic heterocycles. The predicted molar refractivity (Wildman–Crippen MR) is 87.0 cm³/mol. The molecule has 0 atom stereocenters. The fourth-order valence-corrected chi connectivity index (χ4v) is 2.83. The highest BCUT2D eigenvalue weighted by molar-refractivity contribution is 5.93. The fraction of sp³-hybridized carbons (Fsp3) is 0.176. The molecular formula is C17H15N5O. The van der Waals surface area contributed by atoms with Gasteiger partial charge >= 0.3 is 0 Å². The van der Waals surface area contributed by atoms with Crippen molar-refractivity contribution < 1.29 is 4.79 Å². The van der Waals surface area contributed by atoms with Gasteiger partial charge in [-0.25, -0.2) is 10.1 Å². The molecule has 4 rings (SSSR count). The van der Waals surface area contributed by atoms with Gasteiger partial charge < -0.3 is 0 Å². The normalized spacial score (nSPS) is 13.1. The number of benzene rings is 2. The van der Waals surface area contributed by atoms with Crippen molar-refractivity contribution in [3.8, 4) is 0 Å². The first-order valence-electron chi connectivity index (χ1n) is 7.49. The lowest BCUT2D eigenvalue weighted by Crippen LogP contribution is -2.25. The summed E-state index contributed by atoms with van der Waals surface area (Å²) in [6, 6.07) is 15.8. The number of carbonyl (C=O) groups is 1. The summed E-state index contributed by atoms with van der Waals surface area (Å²) in [6.07, 6.45) is 1.59. The third kappa shape index (κ3) is 2.70. The Morgan fingerprint density at radius 1 is 1.09 bits per heavy atom. The molecule has 0 aliphatic heterocycles. The molecule has 6 heteroatoms. The van der Waals surface area contributed by atoms with Crippen LogP contribution in [0.4, 0.5) is 0 Å². The number of amides is 1. The van der Waals surface area contributed by atoms with E-state index < -0.39 is 0 Å². The van der Waals surface area contributed by atoms with Crippen LogP contribution in [0, 0.1) is 0 Å². The van der Waals surface area contributed by atoms with Crippen molar-refractivity contribution in [3.63, 3.8) is 0 Å². The smallest absolute Gasteiger partial charge is 0.261 e. The van der Waals surface area contributed by atoms with E-state index >= 15 is 0 Å². The third-order valence-electron chi connectivity index (χ3n) is 3.96. The molecule has 0 fully saturated rings. The predicted octanol–water partition coefficient (Wildman–Crippen LogP) is 1.70. The quantitative estimate of drug-likeness (QED) is 0.749. The Bertz CT molecular complexity index is 885. The molecule has 0 radical (unpaired) electrons. The topological polar surface area (TPSA) is 72.2 Å². The number of hydrazone groups is 1. The molecule has 114 valence electrons. The fourth-order valence-electron chi connectivity index (χ4n) is 2.83. The molecule has 6 nitrogen and oxygen atoms in total. The van der Waals surface area contributed by atoms with Gasteiger partial charge in [0.15, 0.2) is 0 Å². The maximum atomic E-state index is 12.1. The van der Waals surface area contributed by atoms with E-state index in [9.17, 15) is 4.79 Å². The number of carbonyl (C=O) groups excluding carboxylic acids is 1. The van der Waals surface area contributed by atoms with Crippen molar-refractivity contribution in [2.45, 2.75) is 19.4 Å². The number of hydrogen-bond donors (Lipinski definition) is 1. The van der Waals surface area contributed by atoms with Crippen molar-refractivity contribution in [1.82, 2.24) is 20.4 Å². The average Bonchev–Trinajstić information content (AvgIpc) is 3.17. The Labute approximate surface area is 132 Å². The summed E-state index contributed by atoms with van der Waals surface area (Å²) < 4.78 is 1.58. The molecule has 0 saturated heterocycles. The highest BCUT2D eigenvalue weighted by Gasteiger charge is 2.16. The summed E-state index contributed by atoms with van der Waals surface area (Å²) >= 11 is 0. The van der Waals surface area contributed by atoms with E-state index in [4.69, 9.17) is 0 Å². The Hall–Kier alpha value is -3.02. The lowest BCUT2D eigenvalue weighted by atomic mass is 10.1. The zero-order chi connectivity index (χ0) is 15.6. The monoisotopic (exact) mass is 305 g/mol. The van der Waals surface area contributed by atoms with Gasteiger partial charge in [0.05, 0.1) is 5.52 Å². The molecule has 0 spiro atoms. The standard InChI is InChI=1S/C17H15N5O/c23-17(11-22-16-8-4-3-7-15(16)19-21-22)20-18-14-9-12-5-1-2-6-13(12)10-14/h1-8H,9-11H2,(H,20,23). The van der Waals surface area contributed by atoms with E-state index in [1.165, 1.54) is 11.1 Å². The summed E-state index contributed by atoms with van der Waals surface area (Å²) in [4.78, 5) is 12.1. The molecule has 1 heterocycles. The Kier molecular flexibility index (Phi) is 3.34. The number of rotatable bonds is 3. The number of nitrogens with zero attached hydrogens (tertiary/aromatic N) is 4. The Morgan fingerprint density at radius 3 is 2.57 bits per heavy atom. The second kappa shape index (κ2) is 5.64. The van der Waals surface area contributed by atoms with E-state index in [2.05, 4.69) is 33.0 Å². The van der Waals surface area contributed by atoms with Crippen molar-refractivity contribution in [3.05, 3.63) is 59.7 Å². The summed E-state index contributed by atoms with van der Waals surface area (Å²) in [7, 11) is 0. The van der Waals surface area contributed by atoms with Crippen molar-refractivity contribution >= 4 is 22.7 Å². The molecule has 1 aliphatic carbocycles. The van der Waals surface area contributed by atoms with Gasteiger partial charge in [-0.2, -0.15) is 5.10 Å². The molecule has 23 heavy (non-hydrogen) atoms. The van der Waals surface area contributed by atoms with Crippen LogP contribution in [0.2, 0.25) is 0 Å². The highest BCUT2D eigenvalue weighted by atomic mass is 16.2. The largest absolute Gasteiger partial charge is 0.271 e. The van der Waals surface area contributed by atoms with E-state index in [1.54, 1.807) is 4.68 Å². The number of para-hydroxylation sites is 1. The van der Waals surface area contributed by atoms with Gasteiger partial charge in [-0.15, -0.1) is 5.10 Å². The van der Waals surface area contributed by atoms with Crippen LogP contribution in [-0.4, -0.2) is 26.6 Å². The summed E-state index contributed by atoms with van der Waals surface area (Å²) in [5.74, 6) is -0.205. The van der Waals surface area contributed by atoms with Crippen molar-refractivity contribution in [2.75, 3.05) is 0 Å². The molecule has 0 bridgehead atoms. The molecule has 3 aromatic rings. The van der Waals surface area contributed by atoms with E-state index in [0.717, 1.165) is 29.6 Å². The van der Waals surface area contributed by atoms with Gasteiger partial charge in [0.1, 0.15) is 12.1 Å². The van der Waals surface area contributed by atoms with Crippen LogP contribution in [0.3, 0.4) is 0 Å². The number of aromatic nitrogens is 3. The number of hydrogen-bond acceptors (Lipinski definition) is 4. The third-order valence-corrected chi connectivity index (χ3v) is 3.96. The second-order valence-corrected chi connectivity index (χ2v) is 5.57. The molecule has 2 aromatic carbocycles. The van der Waals surface area contributed by atoms with Gasteiger partial charge in [0.2, 0.25) is 0 Å². The summed E-state index contributed by atoms with van der Waals surface area (Å²) in [5.41, 5.74) is 7.77. The minimum atomic E-state index is -0.205. The molecular weight excluding hydrogens is 290 g/mol. The lowest BCUT2D eigenvalue weighted by molar-refractivity contribution is -0.121. The van der Waals surface area contributed by atoms with Crippen LogP contribution in [0.1, 0.15) is 11.1 Å². The lowest BCUT2D eigenvalue weighted by Gasteiger charge is -2.02. The minimum absolute atomic E-state index is 0.101. The first-order chi connectivity index (χ1) is 11.3. The zero-order valence-electron chi connectivity index (χ0n) is 12.4. The molecule has 0 saturated carbocycles. The minimum Gasteiger partial charge on any atom is -0.271 e. The van der Waals surface area contributed by atoms with Gasteiger partial charge in [-0.3, -0.25) is 4.79 Å². The van der Waals surface area contributed by atoms with Gasteiger partial charge in [0.25, 0.3) is 5.91 Å². The van der Waals surface area contributed by atoms with E-state index in [0.29, 0.717) is 0 Å². The van der Waals surface area contributed by atoms with Gasteiger partial charge in [-0.1, -0.05) is 41.6 Å².